The van der Waals surface area contributed by atoms with Crippen LogP contribution in [0.15, 0.2) is 48.5 Å². The molecule has 27 heavy (non-hydrogen) atoms. The number of hydrogen-bond acceptors (Lipinski definition) is 3. The van der Waals surface area contributed by atoms with Gasteiger partial charge in [-0.2, -0.15) is 0 Å². The Kier molecular flexibility index (Phi) is 6.78. The zero-order valence-corrected chi connectivity index (χ0v) is 17.5. The monoisotopic (exact) mass is 380 g/mol. The molecular formula is C23H27NO2P. The molecule has 5 radical (unpaired) electrons. The van der Waals surface area contributed by atoms with Gasteiger partial charge in [0, 0.05) is 17.6 Å². The van der Waals surface area contributed by atoms with Crippen LogP contribution in [0.2, 0.25) is 0 Å². The minimum absolute atomic E-state index is 0.358. The Hall–Kier alpha value is -1.57. The standard InChI is InChI=1S/C23H27NO2P/c1-17(24(2)3)22-7-6-8-23(22)27(20-13-9-18(25-4)10-14-20)21-15-11-19(26-5)12-16-21/h6-17H,1-5H3/t17-/m0/s1. The molecule has 1 atom stereocenters. The van der Waals surface area contributed by atoms with Crippen molar-refractivity contribution in [2.24, 2.45) is 0 Å². The van der Waals surface area contributed by atoms with E-state index in [0.717, 1.165) is 11.5 Å². The number of nitrogens with zero attached hydrogens (tertiary/aromatic N) is 1. The molecule has 2 aromatic rings. The Balaban J connectivity index is 2.00. The SMILES string of the molecule is COc1ccc(P([C]2[CH][CH][CH][C]2[C@H](C)N(C)C)c2ccc(OC)cc2)cc1. The topological polar surface area (TPSA) is 21.7 Å². The molecule has 0 N–H and O–H groups in total. The predicted molar refractivity (Wildman–Crippen MR) is 115 cm³/mol. The molecule has 0 unspecified atom stereocenters. The quantitative estimate of drug-likeness (QED) is 0.682. The zero-order chi connectivity index (χ0) is 19.4. The van der Waals surface area contributed by atoms with Gasteiger partial charge in [0.2, 0.25) is 0 Å². The highest BCUT2D eigenvalue weighted by molar-refractivity contribution is 7.76. The molecule has 1 fully saturated rings. The number of hydrogen-bond donors (Lipinski definition) is 0. The highest BCUT2D eigenvalue weighted by Gasteiger charge is 2.40. The fourth-order valence-electron chi connectivity index (χ4n) is 3.15. The highest BCUT2D eigenvalue weighted by atomic mass is 31.1. The van der Waals surface area contributed by atoms with Gasteiger partial charge in [0.25, 0.3) is 0 Å². The van der Waals surface area contributed by atoms with Gasteiger partial charge in [0.1, 0.15) is 11.5 Å². The van der Waals surface area contributed by atoms with Gasteiger partial charge in [0.15, 0.2) is 0 Å². The van der Waals surface area contributed by atoms with Crippen molar-refractivity contribution in [2.45, 2.75) is 13.0 Å². The Morgan fingerprint density at radius 2 is 1.26 bits per heavy atom. The lowest BCUT2D eigenvalue weighted by Gasteiger charge is -2.34. The van der Waals surface area contributed by atoms with Crippen molar-refractivity contribution >= 4 is 18.5 Å². The molecule has 4 heteroatoms. The third-order valence-corrected chi connectivity index (χ3v) is 7.47. The normalized spacial score (nSPS) is 16.9. The summed E-state index contributed by atoms with van der Waals surface area (Å²) in [7, 11) is 7.01. The van der Waals surface area contributed by atoms with Gasteiger partial charge >= 0.3 is 0 Å². The third-order valence-electron chi connectivity index (χ3n) is 4.95. The van der Waals surface area contributed by atoms with E-state index in [1.165, 1.54) is 22.2 Å². The summed E-state index contributed by atoms with van der Waals surface area (Å²) in [5.41, 5.74) is 1.40. The molecule has 1 aliphatic rings. The molecule has 2 aromatic carbocycles. The maximum atomic E-state index is 5.35. The van der Waals surface area contributed by atoms with E-state index in [9.17, 15) is 0 Å². The van der Waals surface area contributed by atoms with Gasteiger partial charge < -0.3 is 14.4 Å². The molecule has 0 spiro atoms. The average Bonchev–Trinajstić information content (AvgIpc) is 3.17. The second kappa shape index (κ2) is 9.08. The van der Waals surface area contributed by atoms with Crippen LogP contribution < -0.4 is 20.1 Å². The van der Waals surface area contributed by atoms with Crippen LogP contribution in [-0.2, 0) is 0 Å². The summed E-state index contributed by atoms with van der Waals surface area (Å²) in [5.74, 6) is 3.15. The predicted octanol–water partition coefficient (Wildman–Crippen LogP) is 3.82. The molecule has 1 saturated carbocycles. The van der Waals surface area contributed by atoms with E-state index in [-0.39, 0.29) is 0 Å². The van der Waals surface area contributed by atoms with E-state index in [1.54, 1.807) is 14.2 Å². The Bertz CT molecular complexity index is 667. The van der Waals surface area contributed by atoms with Crippen molar-refractivity contribution in [3.8, 4) is 11.5 Å². The van der Waals surface area contributed by atoms with Crippen LogP contribution in [0, 0.1) is 30.8 Å². The van der Waals surface area contributed by atoms with Gasteiger partial charge in [-0.15, -0.1) is 0 Å². The number of benzene rings is 2. The molecule has 141 valence electrons. The second-order valence-corrected chi connectivity index (χ2v) is 8.92. The van der Waals surface area contributed by atoms with Crippen molar-refractivity contribution in [2.75, 3.05) is 28.3 Å². The van der Waals surface area contributed by atoms with E-state index >= 15 is 0 Å². The number of rotatable bonds is 7. The van der Waals surface area contributed by atoms with E-state index in [0.29, 0.717) is 6.04 Å². The summed E-state index contributed by atoms with van der Waals surface area (Å²) in [4.78, 5) is 2.26. The highest BCUT2D eigenvalue weighted by Crippen LogP contribution is 2.57. The molecule has 0 aromatic heterocycles. The molecule has 3 rings (SSSR count). The van der Waals surface area contributed by atoms with E-state index in [2.05, 4.69) is 69.4 Å². The molecule has 0 amide bonds. The fraction of sp³-hybridized carbons (Fsp3) is 0.261. The van der Waals surface area contributed by atoms with Gasteiger partial charge in [0.05, 0.1) is 14.2 Å². The average molecular weight is 380 g/mol. The second-order valence-electron chi connectivity index (χ2n) is 6.74. The maximum absolute atomic E-state index is 5.35. The van der Waals surface area contributed by atoms with Crippen molar-refractivity contribution in [3.63, 3.8) is 0 Å². The Labute approximate surface area is 165 Å². The summed E-state index contributed by atoms with van der Waals surface area (Å²) < 4.78 is 10.7. The van der Waals surface area contributed by atoms with Crippen LogP contribution in [0.5, 0.6) is 11.5 Å². The molecule has 0 heterocycles. The van der Waals surface area contributed by atoms with Crippen molar-refractivity contribution in [1.82, 2.24) is 4.90 Å². The molecule has 1 aliphatic carbocycles. The summed E-state index contributed by atoms with van der Waals surface area (Å²) in [5, 5.41) is 2.63. The lowest BCUT2D eigenvalue weighted by atomic mass is 9.98. The van der Waals surface area contributed by atoms with Crippen LogP contribution in [0.25, 0.3) is 0 Å². The lowest BCUT2D eigenvalue weighted by Crippen LogP contribution is -2.34. The minimum atomic E-state index is -0.660. The van der Waals surface area contributed by atoms with Gasteiger partial charge in [-0.25, -0.2) is 0 Å². The lowest BCUT2D eigenvalue weighted by molar-refractivity contribution is 0.333. The van der Waals surface area contributed by atoms with Crippen LogP contribution in [0.3, 0.4) is 0 Å². The maximum Gasteiger partial charge on any atom is 0.118 e. The van der Waals surface area contributed by atoms with Crippen molar-refractivity contribution in [1.29, 1.82) is 0 Å². The van der Waals surface area contributed by atoms with Crippen LogP contribution in [0.4, 0.5) is 0 Å². The number of methoxy groups -OCH3 is 2. The molecular weight excluding hydrogens is 353 g/mol. The summed E-state index contributed by atoms with van der Waals surface area (Å²) >= 11 is 0. The van der Waals surface area contributed by atoms with Crippen LogP contribution in [-0.4, -0.2) is 39.3 Å². The zero-order valence-electron chi connectivity index (χ0n) is 16.6. The Morgan fingerprint density at radius 3 is 1.67 bits per heavy atom. The summed E-state index contributed by atoms with van der Waals surface area (Å²) in [6, 6.07) is 17.3. The van der Waals surface area contributed by atoms with Gasteiger partial charge in [-0.05, 0) is 83.1 Å². The van der Waals surface area contributed by atoms with E-state index in [4.69, 9.17) is 9.47 Å². The first-order chi connectivity index (χ1) is 13.0. The van der Waals surface area contributed by atoms with E-state index in [1.807, 2.05) is 24.3 Å². The number of ether oxygens (including phenoxy) is 2. The summed E-state index contributed by atoms with van der Waals surface area (Å²) in [6.07, 6.45) is 6.70. The molecule has 0 aliphatic heterocycles. The molecule has 3 nitrogen and oxygen atoms in total. The first-order valence-electron chi connectivity index (χ1n) is 9.05. The first-order valence-corrected chi connectivity index (χ1v) is 10.4. The third kappa shape index (κ3) is 4.47. The smallest absolute Gasteiger partial charge is 0.118 e. The van der Waals surface area contributed by atoms with E-state index < -0.39 is 7.92 Å². The Morgan fingerprint density at radius 1 is 0.778 bits per heavy atom. The summed E-state index contributed by atoms with van der Waals surface area (Å²) in [6.45, 7) is 2.26. The molecule has 0 bridgehead atoms. The first kappa shape index (κ1) is 20.2. The van der Waals surface area contributed by atoms with Crippen molar-refractivity contribution < 1.29 is 9.47 Å². The van der Waals surface area contributed by atoms with Gasteiger partial charge in [-0.3, -0.25) is 0 Å². The minimum Gasteiger partial charge on any atom is -0.497 e. The van der Waals surface area contributed by atoms with Crippen LogP contribution >= 0.6 is 7.92 Å². The molecule has 0 saturated heterocycles. The largest absolute Gasteiger partial charge is 0.497 e. The van der Waals surface area contributed by atoms with Crippen molar-refractivity contribution in [3.05, 3.63) is 79.4 Å². The van der Waals surface area contributed by atoms with Crippen LogP contribution in [0.1, 0.15) is 6.92 Å². The fourth-order valence-corrected chi connectivity index (χ4v) is 5.65. The van der Waals surface area contributed by atoms with Gasteiger partial charge in [-0.1, -0.05) is 24.3 Å².